The molecule has 0 aromatic heterocycles. The van der Waals surface area contributed by atoms with Crippen LogP contribution in [-0.2, 0) is 4.74 Å². The minimum absolute atomic E-state index is 0.0644. The van der Waals surface area contributed by atoms with Crippen molar-refractivity contribution >= 4 is 29.2 Å². The van der Waals surface area contributed by atoms with Crippen molar-refractivity contribution in [1.29, 1.82) is 0 Å². The van der Waals surface area contributed by atoms with Gasteiger partial charge in [-0.1, -0.05) is 23.7 Å². The van der Waals surface area contributed by atoms with Gasteiger partial charge in [-0.05, 0) is 35.9 Å². The van der Waals surface area contributed by atoms with Gasteiger partial charge >= 0.3 is 6.61 Å². The molecule has 1 heterocycles. The number of benzene rings is 2. The number of aliphatic imine (C=N–C) groups is 1. The van der Waals surface area contributed by atoms with Crippen LogP contribution in [0.25, 0.3) is 0 Å². The highest BCUT2D eigenvalue weighted by Gasteiger charge is 2.11. The van der Waals surface area contributed by atoms with E-state index in [9.17, 15) is 8.78 Å². The van der Waals surface area contributed by atoms with Crippen LogP contribution in [0.1, 0.15) is 5.56 Å². The fourth-order valence-corrected chi connectivity index (χ4v) is 2.72. The molecular weight excluding hydrogens is 350 g/mol. The molecule has 0 saturated carbocycles. The van der Waals surface area contributed by atoms with Gasteiger partial charge in [0.05, 0.1) is 23.9 Å². The van der Waals surface area contributed by atoms with E-state index in [4.69, 9.17) is 16.3 Å². The first-order chi connectivity index (χ1) is 12.1. The summed E-state index contributed by atoms with van der Waals surface area (Å²) < 4.78 is 34.1. The average Bonchev–Trinajstić information content (AvgIpc) is 2.63. The van der Waals surface area contributed by atoms with Crippen molar-refractivity contribution in [3.8, 4) is 5.75 Å². The maximum atomic E-state index is 12.2. The summed E-state index contributed by atoms with van der Waals surface area (Å²) in [6.07, 6.45) is 1.70. The van der Waals surface area contributed by atoms with E-state index in [0.717, 1.165) is 37.6 Å². The van der Waals surface area contributed by atoms with Crippen LogP contribution in [-0.4, -0.2) is 39.1 Å². The van der Waals surface area contributed by atoms with E-state index in [1.165, 1.54) is 12.1 Å². The number of anilines is 1. The molecule has 0 aliphatic carbocycles. The van der Waals surface area contributed by atoms with Crippen LogP contribution < -0.4 is 9.64 Å². The molecule has 0 radical (unpaired) electrons. The summed E-state index contributed by atoms with van der Waals surface area (Å²) in [4.78, 5) is 6.58. The molecule has 1 fully saturated rings. The van der Waals surface area contributed by atoms with E-state index in [-0.39, 0.29) is 10.8 Å². The van der Waals surface area contributed by atoms with E-state index in [2.05, 4.69) is 14.6 Å². The second-order valence-electron chi connectivity index (χ2n) is 5.44. The summed E-state index contributed by atoms with van der Waals surface area (Å²) in [7, 11) is 0. The fourth-order valence-electron chi connectivity index (χ4n) is 2.50. The normalized spacial score (nSPS) is 15.1. The Kier molecular flexibility index (Phi) is 5.83. The van der Waals surface area contributed by atoms with Gasteiger partial charge in [0.1, 0.15) is 5.75 Å². The lowest BCUT2D eigenvalue weighted by Crippen LogP contribution is -2.36. The number of alkyl halides is 2. The van der Waals surface area contributed by atoms with Crippen molar-refractivity contribution in [3.05, 3.63) is 53.1 Å². The number of nitrogens with zero attached hydrogens (tertiary/aromatic N) is 2. The van der Waals surface area contributed by atoms with Gasteiger partial charge < -0.3 is 14.4 Å². The molecule has 4 nitrogen and oxygen atoms in total. The molecule has 3 rings (SSSR count). The zero-order valence-electron chi connectivity index (χ0n) is 13.4. The van der Waals surface area contributed by atoms with Crippen molar-refractivity contribution in [2.45, 2.75) is 6.61 Å². The summed E-state index contributed by atoms with van der Waals surface area (Å²) in [5.41, 5.74) is 2.64. The smallest absolute Gasteiger partial charge is 0.387 e. The Labute approximate surface area is 149 Å². The molecule has 25 heavy (non-hydrogen) atoms. The lowest BCUT2D eigenvalue weighted by Gasteiger charge is -2.28. The van der Waals surface area contributed by atoms with Crippen molar-refractivity contribution in [2.24, 2.45) is 4.99 Å². The topological polar surface area (TPSA) is 34.1 Å². The summed E-state index contributed by atoms with van der Waals surface area (Å²) in [5.74, 6) is -0.0644. The van der Waals surface area contributed by atoms with E-state index in [1.54, 1.807) is 12.3 Å². The molecule has 2 aromatic rings. The molecule has 2 aromatic carbocycles. The van der Waals surface area contributed by atoms with Crippen LogP contribution in [0, 0.1) is 0 Å². The summed E-state index contributed by atoms with van der Waals surface area (Å²) in [6, 6.07) is 12.5. The first-order valence-electron chi connectivity index (χ1n) is 7.83. The van der Waals surface area contributed by atoms with E-state index in [1.807, 2.05) is 24.3 Å². The van der Waals surface area contributed by atoms with Crippen LogP contribution in [0.5, 0.6) is 5.75 Å². The largest absolute Gasteiger partial charge is 0.433 e. The van der Waals surface area contributed by atoms with E-state index in [0.29, 0.717) is 5.69 Å². The zero-order valence-corrected chi connectivity index (χ0v) is 14.1. The molecular formula is C18H17ClF2N2O2. The van der Waals surface area contributed by atoms with Gasteiger partial charge in [0.25, 0.3) is 0 Å². The Morgan fingerprint density at radius 2 is 1.84 bits per heavy atom. The Hall–Kier alpha value is -2.18. The van der Waals surface area contributed by atoms with Crippen LogP contribution in [0.4, 0.5) is 20.2 Å². The second-order valence-corrected chi connectivity index (χ2v) is 5.85. The number of hydrogen-bond donors (Lipinski definition) is 0. The lowest BCUT2D eigenvalue weighted by molar-refractivity contribution is -0.0497. The Morgan fingerprint density at radius 1 is 1.12 bits per heavy atom. The predicted molar refractivity (Wildman–Crippen MR) is 94.8 cm³/mol. The Morgan fingerprint density at radius 3 is 2.48 bits per heavy atom. The van der Waals surface area contributed by atoms with E-state index < -0.39 is 6.61 Å². The maximum Gasteiger partial charge on any atom is 0.387 e. The monoisotopic (exact) mass is 366 g/mol. The molecule has 132 valence electrons. The predicted octanol–water partition coefficient (Wildman–Crippen LogP) is 4.53. The highest BCUT2D eigenvalue weighted by atomic mass is 35.5. The van der Waals surface area contributed by atoms with Crippen molar-refractivity contribution in [3.63, 3.8) is 0 Å². The average molecular weight is 367 g/mol. The van der Waals surface area contributed by atoms with Gasteiger partial charge in [-0.15, -0.1) is 0 Å². The molecule has 0 unspecified atom stereocenters. The second kappa shape index (κ2) is 8.27. The summed E-state index contributed by atoms with van der Waals surface area (Å²) >= 11 is 5.91. The molecule has 1 aliphatic heterocycles. The first-order valence-corrected chi connectivity index (χ1v) is 8.21. The van der Waals surface area contributed by atoms with Crippen molar-refractivity contribution < 1.29 is 18.3 Å². The first kappa shape index (κ1) is 17.6. The SMILES string of the molecule is FC(F)Oc1ccc(N=Cc2ccc(N3CCOCC3)cc2)cc1Cl. The maximum absolute atomic E-state index is 12.2. The number of ether oxygens (including phenoxy) is 2. The van der Waals surface area contributed by atoms with Crippen LogP contribution in [0.3, 0.4) is 0 Å². The van der Waals surface area contributed by atoms with Gasteiger partial charge in [-0.25, -0.2) is 0 Å². The van der Waals surface area contributed by atoms with E-state index >= 15 is 0 Å². The molecule has 0 bridgehead atoms. The van der Waals surface area contributed by atoms with Gasteiger partial charge in [0, 0.05) is 25.0 Å². The van der Waals surface area contributed by atoms with Crippen molar-refractivity contribution in [2.75, 3.05) is 31.2 Å². The number of rotatable bonds is 5. The van der Waals surface area contributed by atoms with Crippen molar-refractivity contribution in [1.82, 2.24) is 0 Å². The fraction of sp³-hybridized carbons (Fsp3) is 0.278. The molecule has 1 aliphatic rings. The van der Waals surface area contributed by atoms with Gasteiger partial charge in [0.15, 0.2) is 0 Å². The highest BCUT2D eigenvalue weighted by molar-refractivity contribution is 6.32. The lowest BCUT2D eigenvalue weighted by atomic mass is 10.2. The van der Waals surface area contributed by atoms with Gasteiger partial charge in [-0.3, -0.25) is 4.99 Å². The van der Waals surface area contributed by atoms with Gasteiger partial charge in [0.2, 0.25) is 0 Å². The minimum atomic E-state index is -2.91. The highest BCUT2D eigenvalue weighted by Crippen LogP contribution is 2.30. The zero-order chi connectivity index (χ0) is 17.6. The molecule has 0 amide bonds. The van der Waals surface area contributed by atoms with Gasteiger partial charge in [-0.2, -0.15) is 8.78 Å². The van der Waals surface area contributed by atoms with Crippen LogP contribution in [0.2, 0.25) is 5.02 Å². The third kappa shape index (κ3) is 4.90. The summed E-state index contributed by atoms with van der Waals surface area (Å²) in [6.45, 7) is 0.361. The molecule has 7 heteroatoms. The quantitative estimate of drug-likeness (QED) is 0.729. The molecule has 0 N–H and O–H groups in total. The minimum Gasteiger partial charge on any atom is -0.433 e. The van der Waals surface area contributed by atoms with Crippen LogP contribution >= 0.6 is 11.6 Å². The third-order valence-corrected chi connectivity index (χ3v) is 4.06. The summed E-state index contributed by atoms with van der Waals surface area (Å²) in [5, 5.41) is 0.0950. The molecule has 0 atom stereocenters. The standard InChI is InChI=1S/C18H17ClF2N2O2/c19-16-11-14(3-6-17(16)25-18(20)21)22-12-13-1-4-15(5-2-13)23-7-9-24-10-8-23/h1-6,11-12,18H,7-10H2. The third-order valence-electron chi connectivity index (χ3n) is 3.76. The Balaban J connectivity index is 1.66. The number of hydrogen-bond acceptors (Lipinski definition) is 4. The molecule has 1 saturated heterocycles. The molecule has 0 spiro atoms. The Bertz CT molecular complexity index is 732. The van der Waals surface area contributed by atoms with Crippen LogP contribution in [0.15, 0.2) is 47.5 Å². The number of halogens is 3. The number of morpholine rings is 1.